The average molecular weight is 437 g/mol. The molecule has 0 spiro atoms. The number of hydrogen-bond donors (Lipinski definition) is 1. The van der Waals surface area contributed by atoms with Crippen LogP contribution in [0.1, 0.15) is 58.4 Å². The van der Waals surface area contributed by atoms with E-state index >= 15 is 0 Å². The summed E-state index contributed by atoms with van der Waals surface area (Å²) in [6.07, 6.45) is 4.72. The van der Waals surface area contributed by atoms with E-state index in [9.17, 15) is 8.42 Å². The first kappa shape index (κ1) is 18.0. The monoisotopic (exact) mass is 437 g/mol. The number of alkyl halides is 1. The zero-order valence-corrected chi connectivity index (χ0v) is 16.3. The van der Waals surface area contributed by atoms with E-state index in [0.717, 1.165) is 37.7 Å². The molecule has 1 aliphatic carbocycles. The van der Waals surface area contributed by atoms with Crippen LogP contribution in [0.25, 0.3) is 0 Å². The molecular weight excluding hydrogens is 413 g/mol. The van der Waals surface area contributed by atoms with Crippen molar-refractivity contribution in [2.45, 2.75) is 61.9 Å². The molecule has 4 nitrogen and oxygen atoms in total. The van der Waals surface area contributed by atoms with Crippen molar-refractivity contribution in [1.29, 1.82) is 0 Å². The highest BCUT2D eigenvalue weighted by Gasteiger charge is 2.35. The Balaban J connectivity index is 2.05. The van der Waals surface area contributed by atoms with Crippen LogP contribution in [0.15, 0.2) is 24.3 Å². The Labute approximate surface area is 147 Å². The summed E-state index contributed by atoms with van der Waals surface area (Å²) in [5.41, 5.74) is 1.74. The minimum atomic E-state index is -3.80. The lowest BCUT2D eigenvalue weighted by Crippen LogP contribution is -2.33. The third-order valence-electron chi connectivity index (χ3n) is 3.85. The Hall–Kier alpha value is -0.340. The van der Waals surface area contributed by atoms with Crippen molar-refractivity contribution in [2.75, 3.05) is 4.72 Å². The summed E-state index contributed by atoms with van der Waals surface area (Å²) in [6.45, 7) is 6.37. The molecule has 0 heterocycles. The van der Waals surface area contributed by atoms with Gasteiger partial charge in [-0.25, -0.2) is 4.18 Å². The van der Waals surface area contributed by atoms with Crippen LogP contribution >= 0.6 is 22.6 Å². The van der Waals surface area contributed by atoms with Gasteiger partial charge in [0.15, 0.2) is 0 Å². The fraction of sp³-hybridized carbons (Fsp3) is 0.625. The van der Waals surface area contributed by atoms with Crippen LogP contribution in [0.3, 0.4) is 0 Å². The molecular formula is C16H24INO3S. The molecule has 1 saturated carbocycles. The summed E-state index contributed by atoms with van der Waals surface area (Å²) < 4.78 is 31.8. The van der Waals surface area contributed by atoms with Crippen molar-refractivity contribution in [3.8, 4) is 0 Å². The van der Waals surface area contributed by atoms with Crippen LogP contribution < -0.4 is 4.72 Å². The summed E-state index contributed by atoms with van der Waals surface area (Å²) in [5.74, 6) is 0. The summed E-state index contributed by atoms with van der Waals surface area (Å²) >= 11 is 2.13. The molecule has 6 heteroatoms. The van der Waals surface area contributed by atoms with Crippen LogP contribution in [-0.4, -0.2) is 12.0 Å². The zero-order chi connectivity index (χ0) is 16.4. The van der Waals surface area contributed by atoms with Gasteiger partial charge in [0.1, 0.15) is 3.61 Å². The second-order valence-electron chi connectivity index (χ2n) is 6.91. The first-order chi connectivity index (χ1) is 10.1. The predicted molar refractivity (Wildman–Crippen MR) is 98.6 cm³/mol. The minimum absolute atomic E-state index is 0.0439. The lowest BCUT2D eigenvalue weighted by molar-refractivity contribution is 0.146. The highest BCUT2D eigenvalue weighted by Crippen LogP contribution is 2.38. The van der Waals surface area contributed by atoms with Crippen molar-refractivity contribution in [3.05, 3.63) is 29.8 Å². The number of rotatable bonds is 4. The minimum Gasteiger partial charge on any atom is -0.261 e. The lowest BCUT2D eigenvalue weighted by atomic mass is 9.87. The quantitative estimate of drug-likeness (QED) is 0.546. The van der Waals surface area contributed by atoms with Gasteiger partial charge in [0.25, 0.3) is 0 Å². The predicted octanol–water partition coefficient (Wildman–Crippen LogP) is 4.75. The molecule has 124 valence electrons. The van der Waals surface area contributed by atoms with Crippen LogP contribution in [-0.2, 0) is 19.9 Å². The maximum atomic E-state index is 12.2. The van der Waals surface area contributed by atoms with Gasteiger partial charge in [-0.1, -0.05) is 39.3 Å². The first-order valence-corrected chi connectivity index (χ1v) is 10.1. The fourth-order valence-corrected chi connectivity index (χ4v) is 5.06. The van der Waals surface area contributed by atoms with E-state index < -0.39 is 13.9 Å². The van der Waals surface area contributed by atoms with Crippen LogP contribution in [0.4, 0.5) is 5.69 Å². The van der Waals surface area contributed by atoms with Crippen molar-refractivity contribution < 1.29 is 12.6 Å². The second-order valence-corrected chi connectivity index (χ2v) is 10.2. The molecule has 1 aromatic rings. The summed E-state index contributed by atoms with van der Waals surface area (Å²) in [6, 6.07) is 7.45. The largest absolute Gasteiger partial charge is 0.361 e. The summed E-state index contributed by atoms with van der Waals surface area (Å²) in [4.78, 5) is 0. The Morgan fingerprint density at radius 3 is 2.14 bits per heavy atom. The second kappa shape index (κ2) is 6.65. The fourth-order valence-electron chi connectivity index (χ4n) is 2.56. The van der Waals surface area contributed by atoms with E-state index in [4.69, 9.17) is 4.18 Å². The normalized spacial score (nSPS) is 18.9. The molecule has 0 saturated heterocycles. The number of hydrogen-bond acceptors (Lipinski definition) is 3. The van der Waals surface area contributed by atoms with E-state index in [1.165, 1.54) is 0 Å². The van der Waals surface area contributed by atoms with Gasteiger partial charge in [0.2, 0.25) is 0 Å². The van der Waals surface area contributed by atoms with Crippen molar-refractivity contribution in [3.63, 3.8) is 0 Å². The van der Waals surface area contributed by atoms with Gasteiger partial charge in [-0.05, 0) is 71.4 Å². The summed E-state index contributed by atoms with van der Waals surface area (Å²) in [7, 11) is -3.80. The third-order valence-corrected chi connectivity index (χ3v) is 6.47. The van der Waals surface area contributed by atoms with E-state index in [2.05, 4.69) is 48.1 Å². The smallest absolute Gasteiger partial charge is 0.261 e. The number of nitrogens with one attached hydrogen (secondary N) is 1. The zero-order valence-electron chi connectivity index (χ0n) is 13.4. The standard InChI is InChI=1S/C16H24INO3S/c1-15(2,3)13-7-9-14(10-8-13)18-22(19,20)21-16(17)11-5-4-6-12-16/h7-10,18H,4-6,11-12H2,1-3H3. The van der Waals surface area contributed by atoms with Crippen LogP contribution in [0, 0.1) is 0 Å². The Kier molecular flexibility index (Phi) is 5.44. The molecule has 1 fully saturated rings. The molecule has 0 aliphatic heterocycles. The van der Waals surface area contributed by atoms with Crippen molar-refractivity contribution >= 4 is 38.6 Å². The van der Waals surface area contributed by atoms with Crippen molar-refractivity contribution in [2.24, 2.45) is 0 Å². The average Bonchev–Trinajstić information content (AvgIpc) is 2.37. The molecule has 0 amide bonds. The number of anilines is 1. The molecule has 1 N–H and O–H groups in total. The van der Waals surface area contributed by atoms with E-state index in [1.54, 1.807) is 12.1 Å². The molecule has 2 rings (SSSR count). The topological polar surface area (TPSA) is 55.4 Å². The van der Waals surface area contributed by atoms with Gasteiger partial charge in [-0.2, -0.15) is 8.42 Å². The number of halogens is 1. The van der Waals surface area contributed by atoms with Crippen LogP contribution in [0.2, 0.25) is 0 Å². The molecule has 0 unspecified atom stereocenters. The molecule has 0 radical (unpaired) electrons. The van der Waals surface area contributed by atoms with E-state index in [-0.39, 0.29) is 5.41 Å². The van der Waals surface area contributed by atoms with Gasteiger partial charge in [-0.3, -0.25) is 4.72 Å². The van der Waals surface area contributed by atoms with Gasteiger partial charge < -0.3 is 0 Å². The SMILES string of the molecule is CC(C)(C)c1ccc(NS(=O)(=O)OC2(I)CCCCC2)cc1. The third kappa shape index (κ3) is 5.09. The highest BCUT2D eigenvalue weighted by atomic mass is 127. The summed E-state index contributed by atoms with van der Waals surface area (Å²) in [5, 5.41) is 0. The van der Waals surface area contributed by atoms with E-state index in [0.29, 0.717) is 5.69 Å². The first-order valence-electron chi connectivity index (χ1n) is 7.63. The molecule has 0 aromatic heterocycles. The maximum absolute atomic E-state index is 12.2. The Bertz CT molecular complexity index is 599. The molecule has 1 aliphatic rings. The molecule has 0 atom stereocenters. The maximum Gasteiger partial charge on any atom is 0.361 e. The van der Waals surface area contributed by atoms with Gasteiger partial charge >= 0.3 is 10.3 Å². The van der Waals surface area contributed by atoms with Gasteiger partial charge in [0, 0.05) is 0 Å². The lowest BCUT2D eigenvalue weighted by Gasteiger charge is -2.30. The van der Waals surface area contributed by atoms with Gasteiger partial charge in [-0.15, -0.1) is 0 Å². The number of benzene rings is 1. The van der Waals surface area contributed by atoms with Gasteiger partial charge in [0.05, 0.1) is 5.69 Å². The van der Waals surface area contributed by atoms with Crippen molar-refractivity contribution in [1.82, 2.24) is 0 Å². The molecule has 1 aromatic carbocycles. The molecule has 22 heavy (non-hydrogen) atoms. The highest BCUT2D eigenvalue weighted by molar-refractivity contribution is 14.1. The Morgan fingerprint density at radius 1 is 1.09 bits per heavy atom. The van der Waals surface area contributed by atoms with E-state index in [1.807, 2.05) is 12.1 Å². The molecule has 0 bridgehead atoms. The van der Waals surface area contributed by atoms with Crippen LogP contribution in [0.5, 0.6) is 0 Å². The Morgan fingerprint density at radius 2 is 1.64 bits per heavy atom.